The van der Waals surface area contributed by atoms with E-state index in [2.05, 4.69) is 5.32 Å². The van der Waals surface area contributed by atoms with E-state index in [1.807, 2.05) is 6.07 Å². The maximum Gasteiger partial charge on any atom is 0.254 e. The third kappa shape index (κ3) is 3.61. The topological polar surface area (TPSA) is 41.6 Å². The number of carbonyl (C=O) groups excluding carboxylic acids is 1. The molecule has 104 valence electrons. The monoisotopic (exact) mass is 282 g/mol. The van der Waals surface area contributed by atoms with Gasteiger partial charge in [0, 0.05) is 38.9 Å². The summed E-state index contributed by atoms with van der Waals surface area (Å²) in [5.41, 5.74) is 1.45. The number of anilines is 1. The number of halogens is 1. The van der Waals surface area contributed by atoms with Crippen molar-refractivity contribution in [1.82, 2.24) is 4.90 Å². The maximum absolute atomic E-state index is 12.0. The molecule has 1 aromatic carbocycles. The van der Waals surface area contributed by atoms with Crippen LogP contribution in [0.2, 0.25) is 5.02 Å². The fraction of sp³-hybridized carbons (Fsp3) is 0.500. The summed E-state index contributed by atoms with van der Waals surface area (Å²) >= 11 is 6.07. The average Bonchev–Trinajstić information content (AvgIpc) is 2.90. The van der Waals surface area contributed by atoms with E-state index in [4.69, 9.17) is 16.3 Å². The number of nitrogens with one attached hydrogen (secondary N) is 1. The minimum absolute atomic E-state index is 0.0853. The highest BCUT2D eigenvalue weighted by molar-refractivity contribution is 6.34. The van der Waals surface area contributed by atoms with Gasteiger partial charge in [-0.3, -0.25) is 4.79 Å². The first kappa shape index (κ1) is 14.2. The molecular weight excluding hydrogens is 264 g/mol. The largest absolute Gasteiger partial charge is 0.385 e. The Morgan fingerprint density at radius 3 is 2.95 bits per heavy atom. The van der Waals surface area contributed by atoms with Gasteiger partial charge < -0.3 is 15.0 Å². The van der Waals surface area contributed by atoms with Crippen LogP contribution in [0, 0.1) is 5.92 Å². The van der Waals surface area contributed by atoms with Crippen molar-refractivity contribution in [3.63, 3.8) is 0 Å². The molecule has 1 aliphatic rings. The zero-order valence-corrected chi connectivity index (χ0v) is 12.0. The maximum atomic E-state index is 12.0. The highest BCUT2D eigenvalue weighted by atomic mass is 35.5. The highest BCUT2D eigenvalue weighted by Crippen LogP contribution is 2.22. The van der Waals surface area contributed by atoms with E-state index in [1.54, 1.807) is 26.2 Å². The van der Waals surface area contributed by atoms with E-state index in [0.717, 1.165) is 31.9 Å². The summed E-state index contributed by atoms with van der Waals surface area (Å²) in [5.74, 6) is 0.460. The first-order chi connectivity index (χ1) is 9.08. The van der Waals surface area contributed by atoms with Gasteiger partial charge in [-0.2, -0.15) is 0 Å². The zero-order chi connectivity index (χ0) is 13.8. The fourth-order valence-corrected chi connectivity index (χ4v) is 2.24. The number of amides is 1. The smallest absolute Gasteiger partial charge is 0.254 e. The molecule has 1 aliphatic heterocycles. The second-order valence-corrected chi connectivity index (χ2v) is 5.41. The van der Waals surface area contributed by atoms with Crippen LogP contribution in [0.3, 0.4) is 0 Å². The molecule has 19 heavy (non-hydrogen) atoms. The Balaban J connectivity index is 2.05. The van der Waals surface area contributed by atoms with Crippen molar-refractivity contribution in [3.8, 4) is 0 Å². The van der Waals surface area contributed by atoms with Crippen molar-refractivity contribution in [2.45, 2.75) is 6.42 Å². The Morgan fingerprint density at radius 1 is 1.53 bits per heavy atom. The third-order valence-corrected chi connectivity index (χ3v) is 3.55. The minimum atomic E-state index is -0.0853. The predicted molar refractivity (Wildman–Crippen MR) is 76.9 cm³/mol. The van der Waals surface area contributed by atoms with Crippen LogP contribution in [-0.4, -0.2) is 44.7 Å². The second-order valence-electron chi connectivity index (χ2n) is 5.00. The molecule has 1 heterocycles. The second kappa shape index (κ2) is 6.26. The summed E-state index contributed by atoms with van der Waals surface area (Å²) in [6.07, 6.45) is 1.09. The molecule has 0 saturated carbocycles. The van der Waals surface area contributed by atoms with Crippen LogP contribution in [0.5, 0.6) is 0 Å². The summed E-state index contributed by atoms with van der Waals surface area (Å²) in [7, 11) is 3.43. The van der Waals surface area contributed by atoms with Gasteiger partial charge in [-0.05, 0) is 24.6 Å². The summed E-state index contributed by atoms with van der Waals surface area (Å²) in [5, 5.41) is 3.82. The van der Waals surface area contributed by atoms with Crippen molar-refractivity contribution in [2.75, 3.05) is 39.2 Å². The lowest BCUT2D eigenvalue weighted by atomic mass is 10.1. The van der Waals surface area contributed by atoms with Crippen molar-refractivity contribution < 1.29 is 9.53 Å². The summed E-state index contributed by atoms with van der Waals surface area (Å²) in [6, 6.07) is 5.46. The Labute approximate surface area is 118 Å². The van der Waals surface area contributed by atoms with Crippen molar-refractivity contribution in [3.05, 3.63) is 28.8 Å². The number of ether oxygens (including phenoxy) is 1. The Hall–Kier alpha value is -1.26. The molecule has 1 unspecified atom stereocenters. The quantitative estimate of drug-likeness (QED) is 0.922. The third-order valence-electron chi connectivity index (χ3n) is 3.22. The zero-order valence-electron chi connectivity index (χ0n) is 11.3. The normalized spacial score (nSPS) is 18.4. The molecule has 1 saturated heterocycles. The molecule has 1 atom stereocenters. The van der Waals surface area contributed by atoms with Crippen LogP contribution >= 0.6 is 11.6 Å². The molecule has 2 rings (SSSR count). The van der Waals surface area contributed by atoms with Crippen LogP contribution < -0.4 is 5.32 Å². The molecule has 5 heteroatoms. The standard InChI is InChI=1S/C14H19ClN2O2/c1-17(2)14(18)12-7-11(3-4-13(12)15)16-8-10-5-6-19-9-10/h3-4,7,10,16H,5-6,8-9H2,1-2H3. The molecule has 0 bridgehead atoms. The summed E-state index contributed by atoms with van der Waals surface area (Å²) in [6.45, 7) is 2.51. The van der Waals surface area contributed by atoms with Crippen LogP contribution in [0.1, 0.15) is 16.8 Å². The van der Waals surface area contributed by atoms with E-state index in [0.29, 0.717) is 16.5 Å². The lowest BCUT2D eigenvalue weighted by Crippen LogP contribution is -2.22. The van der Waals surface area contributed by atoms with Crippen molar-refractivity contribution in [1.29, 1.82) is 0 Å². The van der Waals surface area contributed by atoms with Crippen molar-refractivity contribution >= 4 is 23.2 Å². The molecule has 0 aliphatic carbocycles. The molecule has 0 spiro atoms. The molecule has 1 fully saturated rings. The number of hydrogen-bond donors (Lipinski definition) is 1. The first-order valence-corrected chi connectivity index (χ1v) is 6.78. The molecule has 1 aromatic rings. The molecular formula is C14H19ClN2O2. The van der Waals surface area contributed by atoms with Crippen LogP contribution in [0.4, 0.5) is 5.69 Å². The minimum Gasteiger partial charge on any atom is -0.385 e. The Kier molecular flexibility index (Phi) is 4.66. The van der Waals surface area contributed by atoms with E-state index >= 15 is 0 Å². The van der Waals surface area contributed by atoms with Crippen molar-refractivity contribution in [2.24, 2.45) is 5.92 Å². The highest BCUT2D eigenvalue weighted by Gasteiger charge is 2.16. The van der Waals surface area contributed by atoms with Gasteiger partial charge >= 0.3 is 0 Å². The molecule has 4 nitrogen and oxygen atoms in total. The number of hydrogen-bond acceptors (Lipinski definition) is 3. The lowest BCUT2D eigenvalue weighted by molar-refractivity contribution is 0.0828. The van der Waals surface area contributed by atoms with E-state index in [1.165, 1.54) is 4.90 Å². The number of nitrogens with zero attached hydrogens (tertiary/aromatic N) is 1. The SMILES string of the molecule is CN(C)C(=O)c1cc(NCC2CCOC2)ccc1Cl. The van der Waals surface area contributed by atoms with Gasteiger partial charge in [0.1, 0.15) is 0 Å². The predicted octanol–water partition coefficient (Wildman–Crippen LogP) is 2.49. The molecule has 1 amide bonds. The number of benzene rings is 1. The van der Waals surface area contributed by atoms with Gasteiger partial charge in [0.15, 0.2) is 0 Å². The summed E-state index contributed by atoms with van der Waals surface area (Å²) in [4.78, 5) is 13.5. The van der Waals surface area contributed by atoms with E-state index in [-0.39, 0.29) is 5.91 Å². The fourth-order valence-electron chi connectivity index (χ4n) is 2.05. The van der Waals surface area contributed by atoms with Crippen LogP contribution in [-0.2, 0) is 4.74 Å². The van der Waals surface area contributed by atoms with Crippen LogP contribution in [0.15, 0.2) is 18.2 Å². The Bertz CT molecular complexity index is 457. The van der Waals surface area contributed by atoms with Gasteiger partial charge in [0.05, 0.1) is 17.2 Å². The molecule has 0 aromatic heterocycles. The number of carbonyl (C=O) groups is 1. The average molecular weight is 283 g/mol. The Morgan fingerprint density at radius 2 is 2.32 bits per heavy atom. The molecule has 1 N–H and O–H groups in total. The number of rotatable bonds is 4. The van der Waals surface area contributed by atoms with Gasteiger partial charge in [0.2, 0.25) is 0 Å². The van der Waals surface area contributed by atoms with Gasteiger partial charge in [0.25, 0.3) is 5.91 Å². The first-order valence-electron chi connectivity index (χ1n) is 6.40. The molecule has 0 radical (unpaired) electrons. The van der Waals surface area contributed by atoms with Gasteiger partial charge in [-0.15, -0.1) is 0 Å². The van der Waals surface area contributed by atoms with E-state index in [9.17, 15) is 4.79 Å². The van der Waals surface area contributed by atoms with E-state index < -0.39 is 0 Å². The van der Waals surface area contributed by atoms with Crippen LogP contribution in [0.25, 0.3) is 0 Å². The van der Waals surface area contributed by atoms with Gasteiger partial charge in [-0.1, -0.05) is 11.6 Å². The summed E-state index contributed by atoms with van der Waals surface area (Å²) < 4.78 is 5.34. The lowest BCUT2D eigenvalue weighted by Gasteiger charge is -2.15. The van der Waals surface area contributed by atoms with Gasteiger partial charge in [-0.25, -0.2) is 0 Å².